The molecule has 15 heavy (non-hydrogen) atoms. The van der Waals surface area contributed by atoms with E-state index in [1.54, 1.807) is 6.07 Å². The van der Waals surface area contributed by atoms with E-state index in [1.807, 2.05) is 0 Å². The lowest BCUT2D eigenvalue weighted by molar-refractivity contribution is -0.384. The quantitative estimate of drug-likeness (QED) is 0.497. The number of nitrogens with one attached hydrogen (secondary N) is 1. The first-order valence-corrected chi connectivity index (χ1v) is 4.08. The highest BCUT2D eigenvalue weighted by Gasteiger charge is 2.15. The smallest absolute Gasteiger partial charge is 0.316 e. The molecule has 0 aliphatic carbocycles. The number of rotatable bonds is 3. The molecule has 1 aromatic rings. The minimum absolute atomic E-state index is 0.0599. The fourth-order valence-corrected chi connectivity index (χ4v) is 1.09. The SMILES string of the molecule is NCc1ccc(NC(N)=O)c([N+](=O)[O-])c1. The fraction of sp³-hybridized carbons (Fsp3) is 0.125. The molecule has 5 N–H and O–H groups in total. The van der Waals surface area contributed by atoms with Crippen LogP contribution in [0.3, 0.4) is 0 Å². The van der Waals surface area contributed by atoms with E-state index in [-0.39, 0.29) is 17.9 Å². The van der Waals surface area contributed by atoms with Crippen molar-refractivity contribution in [3.63, 3.8) is 0 Å². The molecule has 2 amide bonds. The second-order valence-corrected chi connectivity index (χ2v) is 2.80. The van der Waals surface area contributed by atoms with Crippen LogP contribution in [0.2, 0.25) is 0 Å². The second kappa shape index (κ2) is 4.38. The van der Waals surface area contributed by atoms with Crippen LogP contribution in [0.4, 0.5) is 16.2 Å². The summed E-state index contributed by atoms with van der Waals surface area (Å²) in [5.41, 5.74) is 10.6. The molecule has 0 aliphatic heterocycles. The Hall–Kier alpha value is -2.15. The predicted molar refractivity (Wildman–Crippen MR) is 54.2 cm³/mol. The predicted octanol–water partition coefficient (Wildman–Crippen LogP) is 0.544. The maximum absolute atomic E-state index is 10.6. The summed E-state index contributed by atoms with van der Waals surface area (Å²) in [7, 11) is 0. The molecule has 0 fully saturated rings. The first-order valence-electron chi connectivity index (χ1n) is 4.08. The number of amides is 2. The van der Waals surface area contributed by atoms with Crippen molar-refractivity contribution in [3.05, 3.63) is 33.9 Å². The molecule has 1 rings (SSSR count). The number of hydrogen-bond donors (Lipinski definition) is 3. The van der Waals surface area contributed by atoms with Gasteiger partial charge in [0, 0.05) is 12.6 Å². The molecule has 7 heteroatoms. The van der Waals surface area contributed by atoms with Gasteiger partial charge >= 0.3 is 6.03 Å². The van der Waals surface area contributed by atoms with E-state index < -0.39 is 11.0 Å². The molecule has 0 bridgehead atoms. The number of nitrogens with zero attached hydrogens (tertiary/aromatic N) is 1. The first-order chi connectivity index (χ1) is 7.04. The number of nitrogens with two attached hydrogens (primary N) is 2. The van der Waals surface area contributed by atoms with Crippen molar-refractivity contribution in [2.24, 2.45) is 11.5 Å². The Bertz CT molecular complexity index is 405. The number of nitro benzene ring substituents is 1. The van der Waals surface area contributed by atoms with Gasteiger partial charge in [-0.1, -0.05) is 6.07 Å². The average Bonchev–Trinajstić information content (AvgIpc) is 2.17. The van der Waals surface area contributed by atoms with Gasteiger partial charge in [-0.15, -0.1) is 0 Å². The van der Waals surface area contributed by atoms with Crippen molar-refractivity contribution in [3.8, 4) is 0 Å². The minimum atomic E-state index is -0.849. The molecule has 0 aromatic heterocycles. The lowest BCUT2D eigenvalue weighted by Gasteiger charge is -2.04. The van der Waals surface area contributed by atoms with Gasteiger partial charge in [-0.25, -0.2) is 4.79 Å². The molecule has 7 nitrogen and oxygen atoms in total. The second-order valence-electron chi connectivity index (χ2n) is 2.80. The molecule has 0 saturated heterocycles. The Morgan fingerprint density at radius 2 is 2.20 bits per heavy atom. The van der Waals surface area contributed by atoms with Crippen LogP contribution in [0, 0.1) is 10.1 Å². The number of carbonyl (C=O) groups excluding carboxylic acids is 1. The summed E-state index contributed by atoms with van der Waals surface area (Å²) in [4.78, 5) is 20.6. The summed E-state index contributed by atoms with van der Waals surface area (Å²) in [6.07, 6.45) is 0. The Balaban J connectivity index is 3.15. The van der Waals surface area contributed by atoms with Gasteiger partial charge in [-0.05, 0) is 11.6 Å². The van der Waals surface area contributed by atoms with Gasteiger partial charge in [-0.3, -0.25) is 10.1 Å². The normalized spacial score (nSPS) is 9.67. The van der Waals surface area contributed by atoms with Crippen molar-refractivity contribution < 1.29 is 9.72 Å². The Labute approximate surface area is 85.2 Å². The van der Waals surface area contributed by atoms with Gasteiger partial charge in [0.1, 0.15) is 5.69 Å². The summed E-state index contributed by atoms with van der Waals surface area (Å²) in [6.45, 7) is 0.192. The first kappa shape index (κ1) is 10.9. The third-order valence-electron chi connectivity index (χ3n) is 1.75. The zero-order chi connectivity index (χ0) is 11.4. The van der Waals surface area contributed by atoms with Crippen molar-refractivity contribution in [2.75, 3.05) is 5.32 Å². The van der Waals surface area contributed by atoms with Crippen molar-refractivity contribution in [1.29, 1.82) is 0 Å². The molecule has 80 valence electrons. The summed E-state index contributed by atoms with van der Waals surface area (Å²) in [5, 5.41) is 12.8. The fourth-order valence-electron chi connectivity index (χ4n) is 1.09. The van der Waals surface area contributed by atoms with E-state index in [0.29, 0.717) is 5.56 Å². The molecule has 0 heterocycles. The Morgan fingerprint density at radius 1 is 1.53 bits per heavy atom. The van der Waals surface area contributed by atoms with Crippen LogP contribution in [-0.4, -0.2) is 11.0 Å². The van der Waals surface area contributed by atoms with Gasteiger partial charge < -0.3 is 16.8 Å². The zero-order valence-corrected chi connectivity index (χ0v) is 7.77. The van der Waals surface area contributed by atoms with Gasteiger partial charge in [0.25, 0.3) is 5.69 Å². The summed E-state index contributed by atoms with van der Waals surface area (Å²) < 4.78 is 0. The molecule has 0 atom stereocenters. The maximum atomic E-state index is 10.6. The van der Waals surface area contributed by atoms with Crippen LogP contribution < -0.4 is 16.8 Å². The van der Waals surface area contributed by atoms with Gasteiger partial charge in [0.05, 0.1) is 4.92 Å². The molecule has 0 saturated carbocycles. The lowest BCUT2D eigenvalue weighted by atomic mass is 10.2. The van der Waals surface area contributed by atoms with E-state index in [2.05, 4.69) is 5.32 Å². The molecular weight excluding hydrogens is 200 g/mol. The van der Waals surface area contributed by atoms with Gasteiger partial charge in [0.15, 0.2) is 0 Å². The largest absolute Gasteiger partial charge is 0.351 e. The Morgan fingerprint density at radius 3 is 2.67 bits per heavy atom. The number of benzene rings is 1. The maximum Gasteiger partial charge on any atom is 0.316 e. The van der Waals surface area contributed by atoms with Gasteiger partial charge in [-0.2, -0.15) is 0 Å². The van der Waals surface area contributed by atoms with Crippen molar-refractivity contribution >= 4 is 17.4 Å². The number of urea groups is 1. The van der Waals surface area contributed by atoms with Crippen molar-refractivity contribution in [1.82, 2.24) is 0 Å². The molecular formula is C8H10N4O3. The standard InChI is InChI=1S/C8H10N4O3/c9-4-5-1-2-6(11-8(10)13)7(3-5)12(14)15/h1-3H,4,9H2,(H3,10,11,13). The number of anilines is 1. The van der Waals surface area contributed by atoms with E-state index >= 15 is 0 Å². The lowest BCUT2D eigenvalue weighted by Crippen LogP contribution is -2.20. The number of carbonyl (C=O) groups is 1. The van der Waals surface area contributed by atoms with E-state index in [1.165, 1.54) is 12.1 Å². The highest BCUT2D eigenvalue weighted by Crippen LogP contribution is 2.25. The molecule has 0 spiro atoms. The number of nitro groups is 1. The molecule has 0 aliphatic rings. The van der Waals surface area contributed by atoms with Crippen LogP contribution in [0.5, 0.6) is 0 Å². The van der Waals surface area contributed by atoms with E-state index in [0.717, 1.165) is 0 Å². The highest BCUT2D eigenvalue weighted by atomic mass is 16.6. The third-order valence-corrected chi connectivity index (χ3v) is 1.75. The van der Waals surface area contributed by atoms with Crippen LogP contribution in [-0.2, 0) is 6.54 Å². The van der Waals surface area contributed by atoms with Crippen LogP contribution in [0.25, 0.3) is 0 Å². The molecule has 0 unspecified atom stereocenters. The topological polar surface area (TPSA) is 124 Å². The number of primary amides is 1. The monoisotopic (exact) mass is 210 g/mol. The molecule has 0 radical (unpaired) electrons. The summed E-state index contributed by atoms with van der Waals surface area (Å²) in [5.74, 6) is 0. The zero-order valence-electron chi connectivity index (χ0n) is 7.77. The van der Waals surface area contributed by atoms with Gasteiger partial charge in [0.2, 0.25) is 0 Å². The number of hydrogen-bond acceptors (Lipinski definition) is 4. The Kier molecular flexibility index (Phi) is 3.19. The third kappa shape index (κ3) is 2.64. The average molecular weight is 210 g/mol. The highest BCUT2D eigenvalue weighted by molar-refractivity contribution is 5.90. The van der Waals surface area contributed by atoms with E-state index in [9.17, 15) is 14.9 Å². The summed E-state index contributed by atoms with van der Waals surface area (Å²) in [6, 6.07) is 3.42. The van der Waals surface area contributed by atoms with Crippen LogP contribution >= 0.6 is 0 Å². The van der Waals surface area contributed by atoms with Crippen LogP contribution in [0.15, 0.2) is 18.2 Å². The minimum Gasteiger partial charge on any atom is -0.351 e. The van der Waals surface area contributed by atoms with E-state index in [4.69, 9.17) is 11.5 Å². The summed E-state index contributed by atoms with van der Waals surface area (Å²) >= 11 is 0. The molecule has 1 aromatic carbocycles. The van der Waals surface area contributed by atoms with Crippen molar-refractivity contribution in [2.45, 2.75) is 6.54 Å². The van der Waals surface area contributed by atoms with Crippen LogP contribution in [0.1, 0.15) is 5.56 Å².